The van der Waals surface area contributed by atoms with Crippen molar-refractivity contribution in [2.24, 2.45) is 23.7 Å². The standard InChI is InChI=1S/C30H40O10/c1-7-9-11-13-29-19-15(23(39-29)17(25(31)35-3)21(29)27(33)37-5)16-20(19)30(14-12-10-8-2)22(28(34)38-6)18(24(16)40-30)26(32)36-4/h15-16,19-20,23-24H,7-14H2,1-6H3/t15-,16+,19-,20+,23-,24+,29+,30-. The van der Waals surface area contributed by atoms with Crippen LogP contribution < -0.4 is 0 Å². The molecule has 8 atom stereocenters. The molecule has 5 rings (SSSR count). The van der Waals surface area contributed by atoms with E-state index in [4.69, 9.17) is 28.4 Å². The van der Waals surface area contributed by atoms with Gasteiger partial charge in [-0.1, -0.05) is 52.4 Å². The number of hydrogen-bond donors (Lipinski definition) is 0. The van der Waals surface area contributed by atoms with Crippen LogP contribution in [-0.4, -0.2) is 75.7 Å². The number of carbonyl (C=O) groups excluding carboxylic acids is 4. The van der Waals surface area contributed by atoms with Gasteiger partial charge in [-0.25, -0.2) is 19.2 Å². The van der Waals surface area contributed by atoms with Crippen LogP contribution in [0, 0.1) is 23.7 Å². The molecule has 3 fully saturated rings. The number of rotatable bonds is 12. The Kier molecular flexibility index (Phi) is 7.63. The fourth-order valence-electron chi connectivity index (χ4n) is 8.66. The van der Waals surface area contributed by atoms with Gasteiger partial charge in [0.05, 0.1) is 62.9 Å². The predicted octanol–water partition coefficient (Wildman–Crippen LogP) is 3.21. The maximum atomic E-state index is 13.3. The molecule has 0 radical (unpaired) electrons. The lowest BCUT2D eigenvalue weighted by Crippen LogP contribution is -2.65. The van der Waals surface area contributed by atoms with Gasteiger partial charge in [0.25, 0.3) is 0 Å². The molecule has 5 aliphatic rings. The first-order valence-corrected chi connectivity index (χ1v) is 14.4. The largest absolute Gasteiger partial charge is 0.466 e. The molecular weight excluding hydrogens is 520 g/mol. The number of methoxy groups -OCH3 is 4. The van der Waals surface area contributed by atoms with E-state index in [0.717, 1.165) is 38.5 Å². The zero-order valence-corrected chi connectivity index (χ0v) is 24.2. The first-order valence-electron chi connectivity index (χ1n) is 14.4. The minimum Gasteiger partial charge on any atom is -0.466 e. The molecule has 0 aromatic rings. The second-order valence-corrected chi connectivity index (χ2v) is 11.5. The van der Waals surface area contributed by atoms with E-state index in [1.54, 1.807) is 0 Å². The number of ether oxygens (including phenoxy) is 6. The van der Waals surface area contributed by atoms with Crippen LogP contribution in [0.15, 0.2) is 22.3 Å². The van der Waals surface area contributed by atoms with Crippen LogP contribution in [0.1, 0.15) is 65.2 Å². The zero-order chi connectivity index (χ0) is 29.0. The average molecular weight is 561 g/mol. The second-order valence-electron chi connectivity index (χ2n) is 11.5. The van der Waals surface area contributed by atoms with Crippen LogP contribution >= 0.6 is 0 Å². The molecule has 10 heteroatoms. The van der Waals surface area contributed by atoms with Gasteiger partial charge in [-0.2, -0.15) is 0 Å². The first kappa shape index (κ1) is 28.8. The first-order chi connectivity index (χ1) is 19.2. The highest BCUT2D eigenvalue weighted by molar-refractivity contribution is 6.06. The zero-order valence-electron chi connectivity index (χ0n) is 24.2. The molecule has 1 aliphatic carbocycles. The molecule has 0 amide bonds. The molecule has 1 saturated carbocycles. The summed E-state index contributed by atoms with van der Waals surface area (Å²) >= 11 is 0. The van der Waals surface area contributed by atoms with E-state index in [9.17, 15) is 19.2 Å². The van der Waals surface area contributed by atoms with Crippen molar-refractivity contribution in [3.8, 4) is 0 Å². The smallest absolute Gasteiger partial charge is 0.337 e. The van der Waals surface area contributed by atoms with Gasteiger partial charge < -0.3 is 28.4 Å². The second kappa shape index (κ2) is 10.6. The fraction of sp³-hybridized carbons (Fsp3) is 0.733. The molecule has 0 aromatic carbocycles. The van der Waals surface area contributed by atoms with Crippen LogP contribution in [-0.2, 0) is 47.6 Å². The highest BCUT2D eigenvalue weighted by atomic mass is 16.6. The van der Waals surface area contributed by atoms with E-state index in [-0.39, 0.29) is 46.0 Å². The summed E-state index contributed by atoms with van der Waals surface area (Å²) in [5.74, 6) is -3.29. The van der Waals surface area contributed by atoms with E-state index < -0.39 is 47.3 Å². The molecular formula is C30H40O10. The fourth-order valence-corrected chi connectivity index (χ4v) is 8.66. The van der Waals surface area contributed by atoms with Crippen molar-refractivity contribution >= 4 is 23.9 Å². The van der Waals surface area contributed by atoms with Crippen LogP contribution in [0.4, 0.5) is 0 Å². The van der Waals surface area contributed by atoms with Crippen molar-refractivity contribution in [1.29, 1.82) is 0 Å². The Bertz CT molecular complexity index is 1080. The average Bonchev–Trinajstić information content (AvgIpc) is 3.61. The topological polar surface area (TPSA) is 124 Å². The summed E-state index contributed by atoms with van der Waals surface area (Å²) in [4.78, 5) is 53.0. The monoisotopic (exact) mass is 560 g/mol. The minimum absolute atomic E-state index is 0.199. The van der Waals surface area contributed by atoms with E-state index in [1.165, 1.54) is 28.4 Å². The van der Waals surface area contributed by atoms with Gasteiger partial charge in [0.1, 0.15) is 11.2 Å². The third-order valence-electron chi connectivity index (χ3n) is 9.96. The van der Waals surface area contributed by atoms with E-state index in [0.29, 0.717) is 12.8 Å². The summed E-state index contributed by atoms with van der Waals surface area (Å²) in [6.07, 6.45) is 4.95. The van der Waals surface area contributed by atoms with Crippen molar-refractivity contribution < 1.29 is 47.6 Å². The molecule has 4 heterocycles. The molecule has 2 saturated heterocycles. The normalized spacial score (nSPS) is 36.2. The quantitative estimate of drug-likeness (QED) is 0.200. The third-order valence-corrected chi connectivity index (χ3v) is 9.96. The van der Waals surface area contributed by atoms with E-state index in [2.05, 4.69) is 13.8 Å². The van der Waals surface area contributed by atoms with Gasteiger partial charge in [-0.3, -0.25) is 0 Å². The van der Waals surface area contributed by atoms with Gasteiger partial charge in [-0.05, 0) is 12.8 Å². The van der Waals surface area contributed by atoms with Gasteiger partial charge in [0, 0.05) is 23.7 Å². The lowest BCUT2D eigenvalue weighted by atomic mass is 9.41. The summed E-state index contributed by atoms with van der Waals surface area (Å²) in [6, 6.07) is 0. The Morgan fingerprint density at radius 2 is 0.950 bits per heavy atom. The summed E-state index contributed by atoms with van der Waals surface area (Å²) in [5, 5.41) is 0. The van der Waals surface area contributed by atoms with Gasteiger partial charge in [0.15, 0.2) is 0 Å². The van der Waals surface area contributed by atoms with Gasteiger partial charge >= 0.3 is 23.9 Å². The molecule has 0 aromatic heterocycles. The SMILES string of the molecule is CCCCC[C@]12O[C@H](C(C(=O)OC)=C1C(=O)OC)[C@H]1[C@@H]3[C@H]([C@H]12)[C@]1(CCCCC)O[C@H]3C(C(=O)OC)=C1C(=O)OC. The number of carbonyl (C=O) groups is 4. The van der Waals surface area contributed by atoms with E-state index in [1.807, 2.05) is 0 Å². The Morgan fingerprint density at radius 1 is 0.600 bits per heavy atom. The Morgan fingerprint density at radius 3 is 1.25 bits per heavy atom. The predicted molar refractivity (Wildman–Crippen MR) is 140 cm³/mol. The molecule has 0 unspecified atom stereocenters. The summed E-state index contributed by atoms with van der Waals surface area (Å²) in [6.45, 7) is 4.19. The summed E-state index contributed by atoms with van der Waals surface area (Å²) in [5.41, 5.74) is -1.31. The summed E-state index contributed by atoms with van der Waals surface area (Å²) < 4.78 is 34.2. The minimum atomic E-state index is -1.08. The lowest BCUT2D eigenvalue weighted by molar-refractivity contribution is -0.147. The van der Waals surface area contributed by atoms with Crippen LogP contribution in [0.2, 0.25) is 0 Å². The van der Waals surface area contributed by atoms with Gasteiger partial charge in [-0.15, -0.1) is 0 Å². The van der Waals surface area contributed by atoms with Crippen molar-refractivity contribution in [2.75, 3.05) is 28.4 Å². The molecule has 0 spiro atoms. The van der Waals surface area contributed by atoms with Crippen molar-refractivity contribution in [1.82, 2.24) is 0 Å². The number of fused-ring (bicyclic) bond motifs is 12. The molecule has 4 aliphatic heterocycles. The van der Waals surface area contributed by atoms with Crippen molar-refractivity contribution in [2.45, 2.75) is 88.6 Å². The molecule has 10 nitrogen and oxygen atoms in total. The lowest BCUT2D eigenvalue weighted by Gasteiger charge is -2.58. The highest BCUT2D eigenvalue weighted by Crippen LogP contribution is 2.77. The molecule has 0 N–H and O–H groups in total. The Labute approximate surface area is 234 Å². The van der Waals surface area contributed by atoms with E-state index >= 15 is 0 Å². The van der Waals surface area contributed by atoms with Crippen LogP contribution in [0.3, 0.4) is 0 Å². The van der Waals surface area contributed by atoms with Gasteiger partial charge in [0.2, 0.25) is 0 Å². The number of hydrogen-bond acceptors (Lipinski definition) is 10. The Balaban J connectivity index is 1.69. The van der Waals surface area contributed by atoms with Crippen LogP contribution in [0.25, 0.3) is 0 Å². The highest BCUT2D eigenvalue weighted by Gasteiger charge is 2.84. The summed E-state index contributed by atoms with van der Waals surface area (Å²) in [7, 11) is 5.16. The molecule has 220 valence electrons. The maximum Gasteiger partial charge on any atom is 0.337 e. The maximum absolute atomic E-state index is 13.3. The van der Waals surface area contributed by atoms with Crippen molar-refractivity contribution in [3.05, 3.63) is 22.3 Å². The van der Waals surface area contributed by atoms with Crippen LogP contribution in [0.5, 0.6) is 0 Å². The number of esters is 4. The molecule has 4 bridgehead atoms. The number of unbranched alkanes of at least 4 members (excludes halogenated alkanes) is 4. The Hall–Kier alpha value is -2.72. The van der Waals surface area contributed by atoms with Crippen molar-refractivity contribution in [3.63, 3.8) is 0 Å². The third kappa shape index (κ3) is 3.60. The molecule has 40 heavy (non-hydrogen) atoms.